The molecule has 0 spiro atoms. The molecule has 0 saturated carbocycles. The van der Waals surface area contributed by atoms with Gasteiger partial charge in [-0.2, -0.15) is 0 Å². The van der Waals surface area contributed by atoms with E-state index >= 15 is 0 Å². The molecule has 1 heterocycles. The zero-order chi connectivity index (χ0) is 13.4. The van der Waals surface area contributed by atoms with E-state index in [-0.39, 0.29) is 23.7 Å². The topological polar surface area (TPSA) is 37.4 Å². The highest BCUT2D eigenvalue weighted by Gasteiger charge is 2.46. The second kappa shape index (κ2) is 4.82. The predicted molar refractivity (Wildman–Crippen MR) is 72.4 cm³/mol. The molecule has 0 radical (unpaired) electrons. The molecule has 0 bridgehead atoms. The number of nitrogens with zero attached hydrogens (tertiary/aromatic N) is 1. The van der Waals surface area contributed by atoms with Gasteiger partial charge < -0.3 is 0 Å². The van der Waals surface area contributed by atoms with Gasteiger partial charge in [-0.3, -0.25) is 14.5 Å². The lowest BCUT2D eigenvalue weighted by atomic mass is 9.85. The van der Waals surface area contributed by atoms with Crippen LogP contribution >= 0.6 is 11.6 Å². The number of amides is 2. The predicted octanol–water partition coefficient (Wildman–Crippen LogP) is 2.79. The van der Waals surface area contributed by atoms with Crippen LogP contribution in [-0.4, -0.2) is 16.7 Å². The Hall–Kier alpha value is -1.61. The molecule has 98 valence electrons. The summed E-state index contributed by atoms with van der Waals surface area (Å²) in [6.07, 6.45) is 5.35. The van der Waals surface area contributed by atoms with E-state index in [4.69, 9.17) is 11.6 Å². The lowest BCUT2D eigenvalue weighted by molar-refractivity contribution is -0.140. The van der Waals surface area contributed by atoms with Gasteiger partial charge in [-0.25, -0.2) is 0 Å². The van der Waals surface area contributed by atoms with Crippen LogP contribution in [0.15, 0.2) is 36.4 Å². The van der Waals surface area contributed by atoms with E-state index in [9.17, 15) is 9.59 Å². The molecule has 2 aliphatic rings. The number of likely N-dealkylation sites (tertiary alicyclic amines) is 1. The summed E-state index contributed by atoms with van der Waals surface area (Å²) in [6.45, 7) is 0.325. The van der Waals surface area contributed by atoms with Crippen molar-refractivity contribution >= 4 is 23.4 Å². The average Bonchev–Trinajstić information content (AvgIpc) is 2.65. The third-order valence-corrected chi connectivity index (χ3v) is 4.06. The van der Waals surface area contributed by atoms with Crippen LogP contribution < -0.4 is 0 Å². The summed E-state index contributed by atoms with van der Waals surface area (Å²) in [7, 11) is 0. The Kier molecular flexibility index (Phi) is 3.15. The van der Waals surface area contributed by atoms with Crippen molar-refractivity contribution in [1.82, 2.24) is 4.90 Å². The Morgan fingerprint density at radius 1 is 1.11 bits per heavy atom. The molecule has 2 amide bonds. The molecule has 1 aliphatic heterocycles. The largest absolute Gasteiger partial charge is 0.278 e. The molecule has 1 saturated heterocycles. The molecule has 19 heavy (non-hydrogen) atoms. The molecule has 1 aromatic carbocycles. The molecule has 2 atom stereocenters. The lowest BCUT2D eigenvalue weighted by Crippen LogP contribution is -2.30. The van der Waals surface area contributed by atoms with Crippen molar-refractivity contribution < 1.29 is 9.59 Å². The Balaban J connectivity index is 1.82. The number of hydrogen-bond acceptors (Lipinski definition) is 2. The first kappa shape index (κ1) is 12.4. The van der Waals surface area contributed by atoms with Gasteiger partial charge in [-0.05, 0) is 30.5 Å². The van der Waals surface area contributed by atoms with Gasteiger partial charge in [0.05, 0.1) is 18.4 Å². The quantitative estimate of drug-likeness (QED) is 0.615. The normalized spacial score (nSPS) is 25.8. The Bertz CT molecular complexity index is 541. The number of carbonyl (C=O) groups excluding carboxylic acids is 2. The number of rotatable bonds is 2. The minimum Gasteiger partial charge on any atom is -0.278 e. The summed E-state index contributed by atoms with van der Waals surface area (Å²) in [5.41, 5.74) is 0.890. The third-order valence-electron chi connectivity index (χ3n) is 3.83. The van der Waals surface area contributed by atoms with Crippen LogP contribution in [-0.2, 0) is 16.1 Å². The van der Waals surface area contributed by atoms with E-state index in [0.717, 1.165) is 5.56 Å². The molecule has 3 nitrogen and oxygen atoms in total. The second-order valence-corrected chi connectivity index (χ2v) is 5.48. The fourth-order valence-corrected chi connectivity index (χ4v) is 3.06. The minimum absolute atomic E-state index is 0.0423. The van der Waals surface area contributed by atoms with Gasteiger partial charge in [0, 0.05) is 5.02 Å². The fourth-order valence-electron chi connectivity index (χ4n) is 2.84. The van der Waals surface area contributed by atoms with Gasteiger partial charge in [-0.1, -0.05) is 35.9 Å². The van der Waals surface area contributed by atoms with E-state index in [1.54, 1.807) is 12.1 Å². The highest BCUT2D eigenvalue weighted by atomic mass is 35.5. The van der Waals surface area contributed by atoms with Gasteiger partial charge in [0.25, 0.3) is 0 Å². The van der Waals surface area contributed by atoms with Crippen LogP contribution in [0.1, 0.15) is 18.4 Å². The zero-order valence-corrected chi connectivity index (χ0v) is 11.1. The number of allylic oxidation sites excluding steroid dienone is 2. The number of imide groups is 1. The Labute approximate surface area is 116 Å². The molecule has 0 unspecified atom stereocenters. The fraction of sp³-hybridized carbons (Fsp3) is 0.333. The van der Waals surface area contributed by atoms with Gasteiger partial charge in [-0.15, -0.1) is 0 Å². The van der Waals surface area contributed by atoms with Crippen molar-refractivity contribution in [3.8, 4) is 0 Å². The summed E-state index contributed by atoms with van der Waals surface area (Å²) in [5.74, 6) is -0.396. The molecule has 1 aromatic rings. The SMILES string of the molecule is O=C1[C@H]2CC=CC[C@H]2C(=O)N1Cc1cccc(Cl)c1. The van der Waals surface area contributed by atoms with Gasteiger partial charge >= 0.3 is 0 Å². The van der Waals surface area contributed by atoms with E-state index in [0.29, 0.717) is 24.4 Å². The molecule has 4 heteroatoms. The number of hydrogen-bond donors (Lipinski definition) is 0. The molecular weight excluding hydrogens is 262 g/mol. The highest BCUT2D eigenvalue weighted by Crippen LogP contribution is 2.35. The molecule has 3 rings (SSSR count). The maximum atomic E-state index is 12.3. The number of benzene rings is 1. The van der Waals surface area contributed by atoms with Crippen LogP contribution in [0.3, 0.4) is 0 Å². The first-order valence-electron chi connectivity index (χ1n) is 6.41. The minimum atomic E-state index is -0.156. The van der Waals surface area contributed by atoms with Crippen molar-refractivity contribution in [1.29, 1.82) is 0 Å². The van der Waals surface area contributed by atoms with Crippen molar-refractivity contribution in [2.75, 3.05) is 0 Å². The van der Waals surface area contributed by atoms with Crippen molar-refractivity contribution in [3.63, 3.8) is 0 Å². The van der Waals surface area contributed by atoms with E-state index < -0.39 is 0 Å². The summed E-state index contributed by atoms with van der Waals surface area (Å²) in [5, 5.41) is 0.621. The summed E-state index contributed by atoms with van der Waals surface area (Å²) in [4.78, 5) is 25.9. The van der Waals surface area contributed by atoms with Crippen molar-refractivity contribution in [2.24, 2.45) is 11.8 Å². The van der Waals surface area contributed by atoms with Gasteiger partial charge in [0.1, 0.15) is 0 Å². The van der Waals surface area contributed by atoms with Gasteiger partial charge in [0.15, 0.2) is 0 Å². The zero-order valence-electron chi connectivity index (χ0n) is 10.4. The van der Waals surface area contributed by atoms with Crippen molar-refractivity contribution in [2.45, 2.75) is 19.4 Å². The summed E-state index contributed by atoms with van der Waals surface area (Å²) in [6, 6.07) is 7.29. The monoisotopic (exact) mass is 275 g/mol. The molecular formula is C15H14ClNO2. The molecule has 1 aliphatic carbocycles. The second-order valence-electron chi connectivity index (χ2n) is 5.05. The summed E-state index contributed by atoms with van der Waals surface area (Å²) >= 11 is 5.93. The van der Waals surface area contributed by atoms with Gasteiger partial charge in [0.2, 0.25) is 11.8 Å². The first-order valence-corrected chi connectivity index (χ1v) is 6.79. The van der Waals surface area contributed by atoms with Crippen LogP contribution in [0.5, 0.6) is 0 Å². The van der Waals surface area contributed by atoms with E-state index in [1.165, 1.54) is 4.90 Å². The first-order chi connectivity index (χ1) is 9.16. The van der Waals surface area contributed by atoms with Crippen molar-refractivity contribution in [3.05, 3.63) is 47.0 Å². The molecule has 1 fully saturated rings. The maximum absolute atomic E-state index is 12.3. The smallest absolute Gasteiger partial charge is 0.233 e. The lowest BCUT2D eigenvalue weighted by Gasteiger charge is -2.14. The summed E-state index contributed by atoms with van der Waals surface area (Å²) < 4.78 is 0. The maximum Gasteiger partial charge on any atom is 0.233 e. The van der Waals surface area contributed by atoms with Crippen LogP contribution in [0.4, 0.5) is 0 Å². The molecule has 0 aromatic heterocycles. The van der Waals surface area contributed by atoms with Crippen LogP contribution in [0.25, 0.3) is 0 Å². The molecule has 0 N–H and O–H groups in total. The highest BCUT2D eigenvalue weighted by molar-refractivity contribution is 6.30. The average molecular weight is 276 g/mol. The van der Waals surface area contributed by atoms with E-state index in [1.807, 2.05) is 24.3 Å². The number of carbonyl (C=O) groups is 2. The Morgan fingerprint density at radius 3 is 2.32 bits per heavy atom. The number of halogens is 1. The van der Waals surface area contributed by atoms with E-state index in [2.05, 4.69) is 0 Å². The third kappa shape index (κ3) is 2.19. The van der Waals surface area contributed by atoms with Crippen LogP contribution in [0.2, 0.25) is 5.02 Å². The Morgan fingerprint density at radius 2 is 1.74 bits per heavy atom. The standard InChI is InChI=1S/C15H14ClNO2/c16-11-5-3-4-10(8-11)9-17-14(18)12-6-1-2-7-13(12)15(17)19/h1-5,8,12-13H,6-7,9H2/t12-,13+. The van der Waals surface area contributed by atoms with Crippen LogP contribution in [0, 0.1) is 11.8 Å². The number of fused-ring (bicyclic) bond motifs is 1.